The average molecular weight is 1790 g/mol. The van der Waals surface area contributed by atoms with Crippen LogP contribution >= 0.6 is 0 Å². The molecule has 6 heterocycles. The smallest absolute Gasteiger partial charge is 0.311 e. The minimum absolute atomic E-state index is 0. The quantitative estimate of drug-likeness (QED) is 0.0154. The van der Waals surface area contributed by atoms with E-state index in [0.29, 0.717) is 71.9 Å². The van der Waals surface area contributed by atoms with Crippen molar-refractivity contribution in [2.24, 2.45) is 34.0 Å². The molecule has 682 valence electrons. The number of carboxylic acids is 1. The van der Waals surface area contributed by atoms with Gasteiger partial charge in [-0.2, -0.15) is 0 Å². The van der Waals surface area contributed by atoms with Crippen molar-refractivity contribution in [2.75, 3.05) is 46.2 Å². The van der Waals surface area contributed by atoms with Gasteiger partial charge in [-0.3, -0.25) is 43.2 Å². The van der Waals surface area contributed by atoms with Crippen LogP contribution in [0.25, 0.3) is 0 Å². The van der Waals surface area contributed by atoms with Crippen LogP contribution in [0.2, 0.25) is 54.4 Å². The number of hydrogen-bond donors (Lipinski definition) is 1. The summed E-state index contributed by atoms with van der Waals surface area (Å²) in [6.07, 6.45) is 13.0. The van der Waals surface area contributed by atoms with Crippen LogP contribution in [0.4, 0.5) is 0 Å². The Morgan fingerprint density at radius 1 is 0.422 bits per heavy atom. The second-order valence-corrected chi connectivity index (χ2v) is 56.0. The third-order valence-electron chi connectivity index (χ3n) is 24.7. The maximum Gasteiger partial charge on any atom is 0.311 e. The molecule has 0 aromatic carbocycles. The van der Waals surface area contributed by atoms with Crippen LogP contribution in [-0.2, 0) is 124 Å². The van der Waals surface area contributed by atoms with E-state index in [1.54, 1.807) is 20.8 Å². The molecule has 116 heavy (non-hydrogen) atoms. The first kappa shape index (κ1) is 111. The predicted molar refractivity (Wildman–Crippen MR) is 459 cm³/mol. The van der Waals surface area contributed by atoms with Crippen LogP contribution in [0.5, 0.6) is 0 Å². The summed E-state index contributed by atoms with van der Waals surface area (Å²) >= 11 is 0. The van der Waals surface area contributed by atoms with Gasteiger partial charge in [0.05, 0.1) is 124 Å². The van der Waals surface area contributed by atoms with Crippen LogP contribution in [0, 0.1) is 41.4 Å². The zero-order valence-corrected chi connectivity index (χ0v) is 82.8. The average Bonchev–Trinajstić information content (AvgIpc) is 1.64. The monoisotopic (exact) mass is 1790 g/mol. The molecule has 0 spiro atoms. The van der Waals surface area contributed by atoms with Crippen LogP contribution in [0.1, 0.15) is 303 Å². The molecule has 0 saturated carbocycles. The number of ketones is 4. The molecule has 6 aliphatic rings. The van der Waals surface area contributed by atoms with E-state index in [9.17, 15) is 43.2 Å². The number of carbonyl (C=O) groups is 9. The molecule has 6 aliphatic heterocycles. The van der Waals surface area contributed by atoms with Crippen LogP contribution in [0.3, 0.4) is 0 Å². The zero-order chi connectivity index (χ0) is 87.4. The summed E-state index contributed by atoms with van der Waals surface area (Å²) in [6, 6.07) is 0. The van der Waals surface area contributed by atoms with Crippen molar-refractivity contribution in [3.05, 3.63) is 7.43 Å². The summed E-state index contributed by atoms with van der Waals surface area (Å²) in [5.41, 5.74) is -3.12. The van der Waals surface area contributed by atoms with Crippen molar-refractivity contribution in [1.29, 1.82) is 0 Å². The summed E-state index contributed by atoms with van der Waals surface area (Å²) in [4.78, 5) is 105. The van der Waals surface area contributed by atoms with Crippen molar-refractivity contribution >= 4 is 77.9 Å². The van der Waals surface area contributed by atoms with E-state index >= 15 is 0 Å². The van der Waals surface area contributed by atoms with E-state index in [1.807, 2.05) is 76.2 Å². The summed E-state index contributed by atoms with van der Waals surface area (Å²) in [7, 11) is -6.01. The number of ether oxygens (including phenoxy) is 10. The second-order valence-electron chi connectivity index (χ2n) is 41.6. The second kappa shape index (κ2) is 46.6. The third kappa shape index (κ3) is 35.7. The molecule has 6 saturated heterocycles. The standard InChI is InChI=1S/C29H52O7Si.C28H50O8Si.C27H50O6Si.C4H8O2.CH3.Pd.H2/c1-20(24(31)17-21(2)30)16-22-13-14-25-29(36-22,19-34-37(9,10)28(6,7)8)18-23(35-25)12-11-15-33-26(32)27(3,4)5;1-19(22(29)16-24(30)31)15-20-12-13-23-28(36-20,18-34-37(8,9)27(5,6)7)17-21(35-23)11-10-14-33-25(32)26(2,3)4;1-19(20(2)28)16-21-13-14-23-27(33-21,18-31-34(9,10)26(6,7)8)17-22(32-23)12-11-15-30-24(29)25(3,4)5;1-3-6-4(2)5;;;/h20,22-23,25H,11-19H2,1-10H3;19-21,23H,10-18H2,1-9H3,(H,30,31);19,21-23H,11-18H2,1-10H3;3H2,1-2H3;1H3;;1H/q;;;;-1;;/t20-,22-,23+,25+,29-;19-,20-,21+,23+,28-;19-,21-,22+,23+,27-;;;;/m111..../s1. The Kier molecular flexibility index (Phi) is 44.6. The molecule has 0 aromatic heterocycles. The molecule has 23 nitrogen and oxygen atoms in total. The van der Waals surface area contributed by atoms with Gasteiger partial charge in [-0.1, -0.05) is 83.1 Å². The van der Waals surface area contributed by atoms with Gasteiger partial charge in [0.1, 0.15) is 46.4 Å². The van der Waals surface area contributed by atoms with Gasteiger partial charge in [0.15, 0.2) is 25.0 Å². The summed E-state index contributed by atoms with van der Waals surface area (Å²) in [6.45, 7) is 65.3. The van der Waals surface area contributed by atoms with Crippen LogP contribution in [-0.4, -0.2) is 201 Å². The third-order valence-corrected chi connectivity index (χ3v) is 38.2. The van der Waals surface area contributed by atoms with Gasteiger partial charge in [-0.25, -0.2) is 0 Å². The topological polar surface area (TPSA) is 294 Å². The zero-order valence-electron chi connectivity index (χ0n) is 78.3. The van der Waals surface area contributed by atoms with Gasteiger partial charge in [-0.05, 0) is 234 Å². The molecular formula is C89H165O23PdSi3-. The van der Waals surface area contributed by atoms with Crippen LogP contribution in [0.15, 0.2) is 0 Å². The van der Waals surface area contributed by atoms with E-state index < -0.39 is 70.4 Å². The number of rotatable bonds is 35. The maximum atomic E-state index is 12.5. The fourth-order valence-corrected chi connectivity index (χ4v) is 17.2. The molecule has 0 aliphatic carbocycles. The van der Waals surface area contributed by atoms with Gasteiger partial charge >= 0.3 is 29.8 Å². The molecule has 6 rings (SSSR count). The molecule has 0 aromatic rings. The molecule has 0 bridgehead atoms. The Hall–Kier alpha value is -3.02. The summed E-state index contributed by atoms with van der Waals surface area (Å²) in [5, 5.41) is 9.25. The van der Waals surface area contributed by atoms with Crippen LogP contribution < -0.4 is 0 Å². The number of Topliss-reactive ketones (excluding diaryl/α,β-unsaturated/α-hetero) is 4. The van der Waals surface area contributed by atoms with Crippen molar-refractivity contribution in [1.82, 2.24) is 0 Å². The first-order chi connectivity index (χ1) is 52.0. The fraction of sp³-hybridized carbons (Fsp3) is 0.888. The van der Waals surface area contributed by atoms with Gasteiger partial charge < -0.3 is 73.2 Å². The van der Waals surface area contributed by atoms with Crippen molar-refractivity contribution in [2.45, 2.75) is 428 Å². The normalized spacial score (nSPS) is 26.4. The SMILES string of the molecule is CC(=O)CC(=O)[C@H](C)C[C@H]1CC[C@@H]2O[C@@H](CCCOC(=O)C(C)(C)C)C[C@]2(CO[Si](C)(C)C(C)(C)C)O1.CC(=O)[C@H](C)C[C@H]1CC[C@@H]2O[C@@H](CCCOC(=O)C(C)(C)C)C[C@]2(CO[Si](C)(C)C(C)(C)C)O1.CCOC(C)=O.C[C@H](C[C@H]1CC[C@@H]2O[C@@H](CCCOC(=O)C(C)(C)C)C[C@]2(CO[Si](C)(C)C(C)(C)C)O1)C(=O)CC(=O)O.[CH3-].[HH].[Pd]. The van der Waals surface area contributed by atoms with E-state index in [4.69, 9.17) is 61.0 Å². The molecular weight excluding hydrogens is 1630 g/mol. The maximum absolute atomic E-state index is 12.5. The van der Waals surface area contributed by atoms with Gasteiger partial charge in [-0.15, -0.1) is 0 Å². The molecule has 6 fully saturated rings. The number of carbonyl (C=O) groups excluding carboxylic acids is 8. The number of carboxylic acid groups (broad SMARTS) is 1. The Labute approximate surface area is 719 Å². The Morgan fingerprint density at radius 2 is 0.690 bits per heavy atom. The summed E-state index contributed by atoms with van der Waals surface area (Å²) < 4.78 is 80.5. The first-order valence-electron chi connectivity index (χ1n) is 42.8. The number of aliphatic carboxylic acids is 1. The molecule has 1 N–H and O–H groups in total. The van der Waals surface area contributed by atoms with E-state index in [-0.39, 0.29) is 171 Å². The Morgan fingerprint density at radius 3 is 0.905 bits per heavy atom. The first-order valence-corrected chi connectivity index (χ1v) is 51.5. The van der Waals surface area contributed by atoms with E-state index in [0.717, 1.165) is 89.9 Å². The minimum Gasteiger partial charge on any atom is -0.481 e. The molecule has 27 heteroatoms. The van der Waals surface area contributed by atoms with E-state index in [1.165, 1.54) is 13.8 Å². The Balaban J connectivity index is 0.00000164. The van der Waals surface area contributed by atoms with Gasteiger partial charge in [0.2, 0.25) is 0 Å². The summed E-state index contributed by atoms with van der Waals surface area (Å²) in [5.74, 6) is -2.65. The molecule has 15 atom stereocenters. The largest absolute Gasteiger partial charge is 0.481 e. The fourth-order valence-electron chi connectivity index (χ4n) is 14.1. The van der Waals surface area contributed by atoms with E-state index in [2.05, 4.69) is 106 Å². The molecule has 0 unspecified atom stereocenters. The van der Waals surface area contributed by atoms with Gasteiger partial charge in [0, 0.05) is 65.8 Å². The Bertz CT molecular complexity index is 2970. The number of hydrogen-bond acceptors (Lipinski definition) is 22. The minimum atomic E-state index is -2.04. The van der Waals surface area contributed by atoms with Crippen molar-refractivity contribution < 1.29 is 131 Å². The molecule has 0 radical (unpaired) electrons. The number of esters is 4. The molecule has 0 amide bonds. The van der Waals surface area contributed by atoms with Crippen molar-refractivity contribution in [3.8, 4) is 0 Å². The predicted octanol–water partition coefficient (Wildman–Crippen LogP) is 18.9. The number of fused-ring (bicyclic) bond motifs is 3. The van der Waals surface area contributed by atoms with Crippen molar-refractivity contribution in [3.63, 3.8) is 0 Å². The van der Waals surface area contributed by atoms with Gasteiger partial charge in [0.25, 0.3) is 0 Å².